The lowest BCUT2D eigenvalue weighted by Gasteiger charge is -2.27. The number of benzene rings is 2. The first-order chi connectivity index (χ1) is 26.6. The number of hydrogen-bond donors (Lipinski definition) is 3. The van der Waals surface area contributed by atoms with Crippen LogP contribution in [0, 0.1) is 11.8 Å². The normalized spacial score (nSPS) is 23.7. The van der Waals surface area contributed by atoms with Crippen LogP contribution in [0.3, 0.4) is 0 Å². The molecule has 11 nitrogen and oxygen atoms in total. The van der Waals surface area contributed by atoms with Crippen molar-refractivity contribution < 1.29 is 28.9 Å². The van der Waals surface area contributed by atoms with Gasteiger partial charge in [-0.2, -0.15) is 4.98 Å². The van der Waals surface area contributed by atoms with E-state index in [9.17, 15) is 14.7 Å². The summed E-state index contributed by atoms with van der Waals surface area (Å²) in [6, 6.07) is 14.0. The second-order valence-electron chi connectivity index (χ2n) is 14.8. The van der Waals surface area contributed by atoms with Crippen LogP contribution in [0.4, 0.5) is 0 Å². The molecule has 3 aromatic rings. The van der Waals surface area contributed by atoms with Gasteiger partial charge in [-0.15, -0.1) is 0 Å². The monoisotopic (exact) mass is 787 g/mol. The molecule has 4 aliphatic rings. The number of nitrogens with zero attached hydrogens (tertiary/aromatic N) is 3. The lowest BCUT2D eigenvalue weighted by atomic mass is 9.94. The Morgan fingerprint density at radius 2 is 1.91 bits per heavy atom. The van der Waals surface area contributed by atoms with E-state index in [1.54, 1.807) is 20.3 Å². The standard InChI is InChI=1S/C42H47Cl2N5O6/c1-5-33(47-39(53-3)23(2)19-45-20-26-13-17-36(50)46-26)31-11-7-10-30(38(31)44)27-8-6-9-29-28(27)14-16-35(29)55-41-32(43)18-25(40(48-41)54-4)22-49-21-24-12-15-34(49)37(24)42(51)52/h5-11,18,24,26,34-35,37,45H,1,12-17,19-22H2,2-4H3,(H,46,50)(H,51,52)/b39-23-,47-33?/t24?,26-,34?,35-,37?/m0/s1. The topological polar surface area (TPSA) is 135 Å². The summed E-state index contributed by atoms with van der Waals surface area (Å²) in [5, 5.41) is 17.1. The lowest BCUT2D eigenvalue weighted by molar-refractivity contribution is -0.142. The molecule has 3 fully saturated rings. The van der Waals surface area contributed by atoms with Gasteiger partial charge in [0.05, 0.1) is 30.9 Å². The molecule has 2 aromatic carbocycles. The molecule has 0 spiro atoms. The van der Waals surface area contributed by atoms with E-state index >= 15 is 0 Å². The Morgan fingerprint density at radius 3 is 2.62 bits per heavy atom. The molecule has 1 aromatic heterocycles. The van der Waals surface area contributed by atoms with Crippen molar-refractivity contribution in [1.29, 1.82) is 0 Å². The number of aromatic nitrogens is 1. The second kappa shape index (κ2) is 16.8. The number of methoxy groups -OCH3 is 2. The number of piperidine rings is 1. The third-order valence-electron chi connectivity index (χ3n) is 11.4. The Kier molecular flexibility index (Phi) is 11.8. The molecule has 3 N–H and O–H groups in total. The van der Waals surface area contributed by atoms with Crippen LogP contribution >= 0.6 is 23.2 Å². The number of carbonyl (C=O) groups excluding carboxylic acids is 1. The number of rotatable bonds is 15. The molecule has 3 heterocycles. The Labute approximate surface area is 331 Å². The molecule has 2 saturated heterocycles. The third kappa shape index (κ3) is 7.98. The Hall–Kier alpha value is -4.42. The average molecular weight is 789 g/mol. The number of fused-ring (bicyclic) bond motifs is 3. The van der Waals surface area contributed by atoms with E-state index in [1.807, 2.05) is 37.3 Å². The highest BCUT2D eigenvalue weighted by Crippen LogP contribution is 2.46. The molecule has 5 atom stereocenters. The van der Waals surface area contributed by atoms with E-state index in [1.165, 1.54) is 0 Å². The summed E-state index contributed by atoms with van der Waals surface area (Å²) in [4.78, 5) is 35.2. The first-order valence-electron chi connectivity index (χ1n) is 18.8. The third-order valence-corrected chi connectivity index (χ3v) is 12.1. The highest BCUT2D eigenvalue weighted by molar-refractivity contribution is 6.37. The van der Waals surface area contributed by atoms with Gasteiger partial charge in [0.1, 0.15) is 11.1 Å². The smallest absolute Gasteiger partial charge is 0.308 e. The number of carboxylic acid groups (broad SMARTS) is 1. The Balaban J connectivity index is 1.09. The van der Waals surface area contributed by atoms with E-state index < -0.39 is 5.97 Å². The van der Waals surface area contributed by atoms with Crippen LogP contribution in [0.5, 0.6) is 11.8 Å². The Morgan fingerprint density at radius 1 is 1.11 bits per heavy atom. The van der Waals surface area contributed by atoms with E-state index in [0.29, 0.717) is 59.5 Å². The fourth-order valence-electron chi connectivity index (χ4n) is 8.79. The van der Waals surface area contributed by atoms with Gasteiger partial charge in [0.2, 0.25) is 23.6 Å². The zero-order chi connectivity index (χ0) is 38.8. The molecule has 2 aliphatic heterocycles. The van der Waals surface area contributed by atoms with Gasteiger partial charge in [-0.05, 0) is 73.8 Å². The molecule has 1 saturated carbocycles. The number of pyridine rings is 1. The van der Waals surface area contributed by atoms with Crippen LogP contribution in [-0.4, -0.2) is 78.5 Å². The summed E-state index contributed by atoms with van der Waals surface area (Å²) in [7, 11) is 3.16. The SMILES string of the molecule is C=CC(=N/C(OC)=C(\C)CNC[C@@H]1CCC(=O)N1)c1cccc(-c2cccc3c2CC[C@@H]3Oc2nc(OC)c(CN3CC4CCC3C4C(=O)O)cc2Cl)c1Cl. The number of aliphatic imine (C=N–C) groups is 1. The molecular weight excluding hydrogens is 741 g/mol. The van der Waals surface area contributed by atoms with Gasteiger partial charge in [0, 0.05) is 66.9 Å². The van der Waals surface area contributed by atoms with Crippen molar-refractivity contribution in [1.82, 2.24) is 20.5 Å². The molecule has 3 unspecified atom stereocenters. The van der Waals surface area contributed by atoms with Gasteiger partial charge in [-0.3, -0.25) is 14.5 Å². The zero-order valence-electron chi connectivity index (χ0n) is 31.4. The van der Waals surface area contributed by atoms with Crippen molar-refractivity contribution in [3.05, 3.63) is 98.9 Å². The fourth-order valence-corrected chi connectivity index (χ4v) is 9.33. The van der Waals surface area contributed by atoms with Gasteiger partial charge in [0.15, 0.2) is 0 Å². The molecule has 2 bridgehead atoms. The van der Waals surface area contributed by atoms with Crippen molar-refractivity contribution in [2.45, 2.75) is 70.2 Å². The molecule has 2 aliphatic carbocycles. The summed E-state index contributed by atoms with van der Waals surface area (Å²) in [5.74, 6) is 0.388. The summed E-state index contributed by atoms with van der Waals surface area (Å²) in [6.45, 7) is 8.45. The van der Waals surface area contributed by atoms with Gasteiger partial charge in [-0.25, -0.2) is 4.99 Å². The minimum absolute atomic E-state index is 0.00634. The molecule has 7 rings (SSSR count). The maximum atomic E-state index is 11.9. The van der Waals surface area contributed by atoms with Crippen LogP contribution in [-0.2, 0) is 27.3 Å². The van der Waals surface area contributed by atoms with E-state index in [2.05, 4.69) is 34.2 Å². The summed E-state index contributed by atoms with van der Waals surface area (Å²) >= 11 is 14.0. The van der Waals surface area contributed by atoms with Crippen LogP contribution in [0.25, 0.3) is 11.1 Å². The fraction of sp³-hybridized carbons (Fsp3) is 0.429. The number of aliphatic carboxylic acids is 1. The molecular formula is C42H47Cl2N5O6. The number of allylic oxidation sites excluding steroid dienone is 1. The molecule has 1 amide bonds. The number of carbonyl (C=O) groups is 2. The number of halogens is 2. The van der Waals surface area contributed by atoms with Crippen LogP contribution in [0.15, 0.2) is 71.6 Å². The van der Waals surface area contributed by atoms with E-state index in [-0.39, 0.29) is 35.9 Å². The van der Waals surface area contributed by atoms with Crippen molar-refractivity contribution >= 4 is 40.8 Å². The van der Waals surface area contributed by atoms with Crippen LogP contribution in [0.1, 0.15) is 67.4 Å². The first-order valence-corrected chi connectivity index (χ1v) is 19.6. The van der Waals surface area contributed by atoms with Crippen molar-refractivity contribution in [2.75, 3.05) is 33.9 Å². The Bertz CT molecular complexity index is 2050. The highest BCUT2D eigenvalue weighted by Gasteiger charge is 2.50. The van der Waals surface area contributed by atoms with Gasteiger partial charge in [-0.1, -0.05) is 66.2 Å². The van der Waals surface area contributed by atoms with Crippen molar-refractivity contribution in [2.24, 2.45) is 16.8 Å². The van der Waals surface area contributed by atoms with Crippen LogP contribution in [0.2, 0.25) is 10.0 Å². The highest BCUT2D eigenvalue weighted by atomic mass is 35.5. The number of likely N-dealkylation sites (tertiary alicyclic amines) is 1. The predicted molar refractivity (Wildman–Crippen MR) is 213 cm³/mol. The summed E-state index contributed by atoms with van der Waals surface area (Å²) in [5.41, 5.74) is 7.06. The molecule has 290 valence electrons. The number of carboxylic acids is 1. The number of hydrogen-bond acceptors (Lipinski definition) is 9. The first kappa shape index (κ1) is 38.8. The summed E-state index contributed by atoms with van der Waals surface area (Å²) < 4.78 is 17.9. The van der Waals surface area contributed by atoms with Gasteiger partial charge >= 0.3 is 5.97 Å². The van der Waals surface area contributed by atoms with Crippen molar-refractivity contribution in [3.8, 4) is 22.9 Å². The number of nitrogens with one attached hydrogen (secondary N) is 2. The minimum atomic E-state index is -0.718. The maximum Gasteiger partial charge on any atom is 0.308 e. The average Bonchev–Trinajstić information content (AvgIpc) is 3.97. The largest absolute Gasteiger partial charge is 0.481 e. The van der Waals surface area contributed by atoms with Gasteiger partial charge < -0.3 is 30.0 Å². The minimum Gasteiger partial charge on any atom is -0.481 e. The molecule has 55 heavy (non-hydrogen) atoms. The molecule has 13 heteroatoms. The quantitative estimate of drug-likeness (QED) is 0.109. The van der Waals surface area contributed by atoms with Crippen molar-refractivity contribution in [3.63, 3.8) is 0 Å². The summed E-state index contributed by atoms with van der Waals surface area (Å²) in [6.07, 6.45) is 6.09. The number of ether oxygens (including phenoxy) is 3. The predicted octanol–water partition coefficient (Wildman–Crippen LogP) is 7.15. The second-order valence-corrected chi connectivity index (χ2v) is 15.5. The zero-order valence-corrected chi connectivity index (χ0v) is 32.9. The lowest BCUT2D eigenvalue weighted by Crippen LogP contribution is -2.36. The van der Waals surface area contributed by atoms with Crippen LogP contribution < -0.4 is 20.1 Å². The van der Waals surface area contributed by atoms with Gasteiger partial charge in [0.25, 0.3) is 0 Å². The molecule has 0 radical (unpaired) electrons. The van der Waals surface area contributed by atoms with E-state index in [0.717, 1.165) is 77.6 Å². The number of amides is 1. The van der Waals surface area contributed by atoms with E-state index in [4.69, 9.17) is 47.4 Å². The maximum absolute atomic E-state index is 11.9.